The molecule has 0 saturated carbocycles. The van der Waals surface area contributed by atoms with Gasteiger partial charge in [0.15, 0.2) is 0 Å². The SMILES string of the molecule is Cc1[nH]c2ccccc2c1C(c1ccc(Cl)cc1)c1cc2cc(C(C)(C)C)cc(C(C)(C)C)c2o1. The maximum Gasteiger partial charge on any atom is 0.138 e. The van der Waals surface area contributed by atoms with Gasteiger partial charge in [0, 0.05) is 32.6 Å². The lowest BCUT2D eigenvalue weighted by Gasteiger charge is -2.25. The molecule has 5 rings (SSSR count). The fourth-order valence-corrected chi connectivity index (χ4v) is 5.23. The molecule has 2 nitrogen and oxygen atoms in total. The quantitative estimate of drug-likeness (QED) is 0.272. The third kappa shape index (κ3) is 4.29. The average Bonchev–Trinajstić information content (AvgIpc) is 3.34. The van der Waals surface area contributed by atoms with Crippen LogP contribution >= 0.6 is 11.6 Å². The van der Waals surface area contributed by atoms with Gasteiger partial charge < -0.3 is 9.40 Å². The van der Waals surface area contributed by atoms with Crippen molar-refractivity contribution in [2.45, 2.75) is 65.2 Å². The van der Waals surface area contributed by atoms with Crippen molar-refractivity contribution in [1.29, 1.82) is 0 Å². The molecule has 35 heavy (non-hydrogen) atoms. The predicted octanol–water partition coefficient (Wildman–Crippen LogP) is 9.65. The number of para-hydroxylation sites is 1. The summed E-state index contributed by atoms with van der Waals surface area (Å²) in [5.41, 5.74) is 8.26. The fraction of sp³-hybridized carbons (Fsp3) is 0.312. The topological polar surface area (TPSA) is 28.9 Å². The van der Waals surface area contributed by atoms with Gasteiger partial charge in [-0.1, -0.05) is 89.5 Å². The molecule has 0 radical (unpaired) electrons. The Labute approximate surface area is 213 Å². The van der Waals surface area contributed by atoms with E-state index in [1.165, 1.54) is 22.1 Å². The Balaban J connectivity index is 1.82. The highest BCUT2D eigenvalue weighted by molar-refractivity contribution is 6.30. The summed E-state index contributed by atoms with van der Waals surface area (Å²) in [6, 6.07) is 23.6. The predicted molar refractivity (Wildman–Crippen MR) is 149 cm³/mol. The van der Waals surface area contributed by atoms with Crippen molar-refractivity contribution < 1.29 is 4.42 Å². The Kier molecular flexibility index (Phi) is 5.64. The largest absolute Gasteiger partial charge is 0.460 e. The third-order valence-corrected chi connectivity index (χ3v) is 7.28. The third-order valence-electron chi connectivity index (χ3n) is 7.03. The number of nitrogens with one attached hydrogen (secondary N) is 1. The minimum atomic E-state index is -0.0540. The molecule has 3 aromatic carbocycles. The van der Waals surface area contributed by atoms with Crippen LogP contribution in [0, 0.1) is 6.92 Å². The van der Waals surface area contributed by atoms with E-state index in [-0.39, 0.29) is 16.7 Å². The van der Waals surface area contributed by atoms with Gasteiger partial charge in [-0.15, -0.1) is 0 Å². The van der Waals surface area contributed by atoms with Gasteiger partial charge in [0.25, 0.3) is 0 Å². The van der Waals surface area contributed by atoms with E-state index < -0.39 is 0 Å². The van der Waals surface area contributed by atoms with Crippen LogP contribution in [0.4, 0.5) is 0 Å². The summed E-state index contributed by atoms with van der Waals surface area (Å²) in [6.07, 6.45) is 0. The minimum absolute atomic E-state index is 0.0406. The Morgan fingerprint density at radius 3 is 2.17 bits per heavy atom. The van der Waals surface area contributed by atoms with Crippen LogP contribution in [0.3, 0.4) is 0 Å². The Morgan fingerprint density at radius 1 is 0.829 bits per heavy atom. The standard InChI is InChI=1S/C32H34ClNO/c1-19-28(24-10-8-9-11-26(24)34-19)29(20-12-14-23(33)15-13-20)27-17-21-16-22(31(2,3)4)18-25(30(21)35-27)32(5,6)7/h8-18,29,34H,1-7H3. The normalized spacial score (nSPS) is 13.6. The molecule has 1 unspecified atom stereocenters. The molecule has 0 aliphatic rings. The molecule has 0 spiro atoms. The molecule has 5 aromatic rings. The van der Waals surface area contributed by atoms with Gasteiger partial charge in [-0.2, -0.15) is 0 Å². The first-order valence-electron chi connectivity index (χ1n) is 12.3. The first-order valence-corrected chi connectivity index (χ1v) is 12.7. The van der Waals surface area contributed by atoms with Gasteiger partial charge in [0.05, 0.1) is 5.92 Å². The van der Waals surface area contributed by atoms with Crippen molar-refractivity contribution in [3.63, 3.8) is 0 Å². The number of aromatic nitrogens is 1. The molecule has 1 N–H and O–H groups in total. The van der Waals surface area contributed by atoms with Gasteiger partial charge in [0.2, 0.25) is 0 Å². The molecule has 0 bridgehead atoms. The number of fused-ring (bicyclic) bond motifs is 2. The maximum atomic E-state index is 6.82. The van der Waals surface area contributed by atoms with Crippen LogP contribution in [0.2, 0.25) is 5.02 Å². The molecular formula is C32H34ClNO. The van der Waals surface area contributed by atoms with E-state index in [0.29, 0.717) is 0 Å². The van der Waals surface area contributed by atoms with E-state index in [1.807, 2.05) is 12.1 Å². The Hall–Kier alpha value is -2.97. The molecule has 0 aliphatic carbocycles. The molecule has 180 valence electrons. The number of aromatic amines is 1. The zero-order valence-electron chi connectivity index (χ0n) is 21.7. The van der Waals surface area contributed by atoms with Crippen molar-refractivity contribution in [2.24, 2.45) is 0 Å². The van der Waals surface area contributed by atoms with Gasteiger partial charge in [-0.25, -0.2) is 0 Å². The first kappa shape index (κ1) is 23.8. The number of hydrogen-bond donors (Lipinski definition) is 1. The fourth-order valence-electron chi connectivity index (χ4n) is 5.10. The van der Waals surface area contributed by atoms with E-state index >= 15 is 0 Å². The van der Waals surface area contributed by atoms with Crippen molar-refractivity contribution >= 4 is 33.5 Å². The average molecular weight is 484 g/mol. The lowest BCUT2D eigenvalue weighted by Crippen LogP contribution is -2.16. The molecule has 0 aliphatic heterocycles. The highest BCUT2D eigenvalue weighted by Crippen LogP contribution is 2.43. The Morgan fingerprint density at radius 2 is 1.51 bits per heavy atom. The molecule has 1 atom stereocenters. The second-order valence-electron chi connectivity index (χ2n) is 11.8. The lowest BCUT2D eigenvalue weighted by molar-refractivity contribution is 0.517. The summed E-state index contributed by atoms with van der Waals surface area (Å²) in [7, 11) is 0. The molecular weight excluding hydrogens is 450 g/mol. The molecule has 2 aromatic heterocycles. The van der Waals surface area contributed by atoms with Gasteiger partial charge in [-0.05, 0) is 64.8 Å². The number of halogens is 1. The van der Waals surface area contributed by atoms with E-state index in [1.54, 1.807) is 0 Å². The highest BCUT2D eigenvalue weighted by Gasteiger charge is 2.29. The van der Waals surface area contributed by atoms with E-state index in [9.17, 15) is 0 Å². The van der Waals surface area contributed by atoms with Crippen LogP contribution in [0.1, 0.15) is 81.2 Å². The van der Waals surface area contributed by atoms with Crippen LogP contribution in [-0.2, 0) is 10.8 Å². The van der Waals surface area contributed by atoms with Crippen LogP contribution < -0.4 is 0 Å². The van der Waals surface area contributed by atoms with Crippen LogP contribution in [0.25, 0.3) is 21.9 Å². The first-order chi connectivity index (χ1) is 16.4. The molecule has 0 saturated heterocycles. The number of rotatable bonds is 3. The van der Waals surface area contributed by atoms with Gasteiger partial charge in [0.1, 0.15) is 11.3 Å². The van der Waals surface area contributed by atoms with Crippen molar-refractivity contribution in [2.75, 3.05) is 0 Å². The van der Waals surface area contributed by atoms with Gasteiger partial charge >= 0.3 is 0 Å². The van der Waals surface area contributed by atoms with Crippen molar-refractivity contribution in [3.8, 4) is 0 Å². The number of H-pyrrole nitrogens is 1. The number of furan rings is 1. The van der Waals surface area contributed by atoms with E-state index in [0.717, 1.165) is 38.5 Å². The molecule has 0 fully saturated rings. The highest BCUT2D eigenvalue weighted by atomic mass is 35.5. The second-order valence-corrected chi connectivity index (χ2v) is 12.2. The van der Waals surface area contributed by atoms with Crippen LogP contribution in [0.15, 0.2) is 71.1 Å². The monoisotopic (exact) mass is 483 g/mol. The van der Waals surface area contributed by atoms with Gasteiger partial charge in [-0.3, -0.25) is 0 Å². The smallest absolute Gasteiger partial charge is 0.138 e. The minimum Gasteiger partial charge on any atom is -0.460 e. The summed E-state index contributed by atoms with van der Waals surface area (Å²) in [6.45, 7) is 15.7. The zero-order valence-corrected chi connectivity index (χ0v) is 22.5. The molecule has 2 heterocycles. The van der Waals surface area contributed by atoms with E-state index in [2.05, 4.69) is 108 Å². The van der Waals surface area contributed by atoms with Crippen molar-refractivity contribution in [3.05, 3.63) is 105 Å². The second kappa shape index (κ2) is 8.31. The maximum absolute atomic E-state index is 6.82. The van der Waals surface area contributed by atoms with Crippen LogP contribution in [-0.4, -0.2) is 4.98 Å². The number of aryl methyl sites for hydroxylation is 1. The lowest BCUT2D eigenvalue weighted by atomic mass is 9.79. The summed E-state index contributed by atoms with van der Waals surface area (Å²) < 4.78 is 6.82. The number of hydrogen-bond acceptors (Lipinski definition) is 1. The van der Waals surface area contributed by atoms with Crippen molar-refractivity contribution in [1.82, 2.24) is 4.98 Å². The molecule has 3 heteroatoms. The van der Waals surface area contributed by atoms with E-state index in [4.69, 9.17) is 16.0 Å². The summed E-state index contributed by atoms with van der Waals surface area (Å²) in [4.78, 5) is 3.59. The summed E-state index contributed by atoms with van der Waals surface area (Å²) in [5, 5.41) is 3.11. The van der Waals surface area contributed by atoms with Crippen LogP contribution in [0.5, 0.6) is 0 Å². The molecule has 0 amide bonds. The zero-order chi connectivity index (χ0) is 25.1. The Bertz CT molecular complexity index is 1520. The number of benzene rings is 3. The summed E-state index contributed by atoms with van der Waals surface area (Å²) in [5.74, 6) is 0.897. The summed E-state index contributed by atoms with van der Waals surface area (Å²) >= 11 is 6.28.